The number of aryl methyl sites for hydroxylation is 1. The Labute approximate surface area is 139 Å². The molecule has 5 nitrogen and oxygen atoms in total. The monoisotopic (exact) mass is 355 g/mol. The van der Waals surface area contributed by atoms with Gasteiger partial charge in [-0.2, -0.15) is 12.8 Å². The van der Waals surface area contributed by atoms with Gasteiger partial charge < -0.3 is 0 Å². The Bertz CT molecular complexity index is 818. The van der Waals surface area contributed by atoms with Crippen LogP contribution in [-0.4, -0.2) is 25.7 Å². The number of nitrogens with zero attached hydrogens (tertiary/aromatic N) is 1. The molecule has 2 rings (SSSR count). The number of sulfonamides is 1. The topological polar surface area (TPSA) is 73.3 Å². The van der Waals surface area contributed by atoms with E-state index in [2.05, 4.69) is 5.43 Å². The van der Waals surface area contributed by atoms with Crippen molar-refractivity contribution in [3.8, 4) is 0 Å². The molecule has 0 aliphatic heterocycles. The fraction of sp³-hybridized carbons (Fsp3) is 0.133. The summed E-state index contributed by atoms with van der Waals surface area (Å²) < 4.78 is 39.9. The third kappa shape index (κ3) is 3.36. The second-order valence-electron chi connectivity index (χ2n) is 4.75. The quantitative estimate of drug-likeness (QED) is 0.503. The van der Waals surface area contributed by atoms with Gasteiger partial charge in [-0.3, -0.25) is 5.41 Å². The summed E-state index contributed by atoms with van der Waals surface area (Å²) in [6, 6.07) is 10.0. The highest BCUT2D eigenvalue weighted by Gasteiger charge is 2.29. The third-order valence-electron chi connectivity index (χ3n) is 3.16. The summed E-state index contributed by atoms with van der Waals surface area (Å²) in [5.41, 5.74) is 3.01. The maximum atomic E-state index is 14.0. The van der Waals surface area contributed by atoms with E-state index in [1.807, 2.05) is 6.92 Å². The highest BCUT2D eigenvalue weighted by Crippen LogP contribution is 2.23. The van der Waals surface area contributed by atoms with E-state index in [4.69, 9.17) is 17.0 Å². The highest BCUT2D eigenvalue weighted by atomic mass is 35.5. The first-order valence-corrected chi connectivity index (χ1v) is 8.43. The number of rotatable bonds is 4. The van der Waals surface area contributed by atoms with E-state index in [9.17, 15) is 12.8 Å². The van der Waals surface area contributed by atoms with Crippen LogP contribution in [0.1, 0.15) is 11.1 Å². The van der Waals surface area contributed by atoms with E-state index in [-0.39, 0.29) is 15.5 Å². The fourth-order valence-electron chi connectivity index (χ4n) is 1.99. The van der Waals surface area contributed by atoms with Gasteiger partial charge in [-0.25, -0.2) is 9.82 Å². The van der Waals surface area contributed by atoms with Gasteiger partial charge in [0.15, 0.2) is 5.84 Å². The molecule has 2 aromatic carbocycles. The number of halogens is 2. The molecule has 0 aliphatic carbocycles. The summed E-state index contributed by atoms with van der Waals surface area (Å²) in [5, 5.41) is 8.03. The van der Waals surface area contributed by atoms with E-state index in [0.717, 1.165) is 11.6 Å². The molecule has 0 aliphatic rings. The van der Waals surface area contributed by atoms with E-state index in [1.165, 1.54) is 31.3 Å². The van der Waals surface area contributed by atoms with Gasteiger partial charge in [-0.05, 0) is 31.2 Å². The molecule has 122 valence electrons. The fourth-order valence-corrected chi connectivity index (χ4v) is 3.51. The molecule has 8 heteroatoms. The second-order valence-corrected chi connectivity index (χ2v) is 6.95. The minimum Gasteiger partial charge on any atom is -0.282 e. The number of hydrogen-bond acceptors (Lipinski definition) is 4. The molecular weight excluding hydrogens is 341 g/mol. The maximum Gasteiger partial charge on any atom is 0.279 e. The van der Waals surface area contributed by atoms with Crippen molar-refractivity contribution in [3.05, 3.63) is 64.4 Å². The van der Waals surface area contributed by atoms with Gasteiger partial charge in [0.1, 0.15) is 5.82 Å². The van der Waals surface area contributed by atoms with Crippen LogP contribution in [0.4, 0.5) is 4.39 Å². The minimum atomic E-state index is -4.08. The predicted octanol–water partition coefficient (Wildman–Crippen LogP) is 2.94. The zero-order chi connectivity index (χ0) is 17.2. The molecule has 0 aromatic heterocycles. The molecule has 23 heavy (non-hydrogen) atoms. The van der Waals surface area contributed by atoms with E-state index in [0.29, 0.717) is 4.41 Å². The highest BCUT2D eigenvalue weighted by molar-refractivity contribution is 7.89. The van der Waals surface area contributed by atoms with Crippen molar-refractivity contribution >= 4 is 27.5 Å². The first-order chi connectivity index (χ1) is 10.8. The number of amidine groups is 1. The molecule has 0 bridgehead atoms. The summed E-state index contributed by atoms with van der Waals surface area (Å²) in [5.74, 6) is -1.38. The van der Waals surface area contributed by atoms with Crippen molar-refractivity contribution in [1.29, 1.82) is 5.41 Å². The molecule has 0 unspecified atom stereocenters. The van der Waals surface area contributed by atoms with Gasteiger partial charge in [-0.1, -0.05) is 35.4 Å². The van der Waals surface area contributed by atoms with Gasteiger partial charge in [0.05, 0.1) is 15.5 Å². The molecule has 0 amide bonds. The van der Waals surface area contributed by atoms with Crippen LogP contribution < -0.4 is 5.43 Å². The van der Waals surface area contributed by atoms with Crippen LogP contribution in [0, 0.1) is 18.2 Å². The van der Waals surface area contributed by atoms with Gasteiger partial charge in [-0.15, -0.1) is 0 Å². The van der Waals surface area contributed by atoms with Crippen molar-refractivity contribution in [3.63, 3.8) is 0 Å². The molecular formula is C15H15ClFN3O2S. The third-order valence-corrected chi connectivity index (χ3v) is 5.19. The standard InChI is InChI=1S/C15H15ClFN3O2S/c1-10-6-8-11(9-7-10)23(21,22)20(19-2)15(18)14-12(16)4-3-5-13(14)17/h3-9,18-19H,1-2H3. The average molecular weight is 356 g/mol. The predicted molar refractivity (Wildman–Crippen MR) is 87.5 cm³/mol. The molecule has 2 N–H and O–H groups in total. The van der Waals surface area contributed by atoms with Gasteiger partial charge in [0, 0.05) is 7.05 Å². The van der Waals surface area contributed by atoms with Crippen LogP contribution in [0.3, 0.4) is 0 Å². The molecule has 0 atom stereocenters. The SMILES string of the molecule is CNN(C(=N)c1c(F)cccc1Cl)S(=O)(=O)c1ccc(C)cc1. The van der Waals surface area contributed by atoms with Crippen molar-refractivity contribution in [2.75, 3.05) is 7.05 Å². The van der Waals surface area contributed by atoms with Crippen LogP contribution in [-0.2, 0) is 10.0 Å². The Morgan fingerprint density at radius 1 is 1.22 bits per heavy atom. The Balaban J connectivity index is 2.50. The number of nitrogens with one attached hydrogen (secondary N) is 2. The van der Waals surface area contributed by atoms with Crippen molar-refractivity contribution in [1.82, 2.24) is 9.84 Å². The zero-order valence-corrected chi connectivity index (χ0v) is 14.0. The van der Waals surface area contributed by atoms with Crippen LogP contribution in [0.2, 0.25) is 5.02 Å². The number of benzene rings is 2. The van der Waals surface area contributed by atoms with Gasteiger partial charge in [0.25, 0.3) is 10.0 Å². The molecule has 0 spiro atoms. The number of hydrazine groups is 1. The van der Waals surface area contributed by atoms with Gasteiger partial charge in [0.2, 0.25) is 0 Å². The maximum absolute atomic E-state index is 14.0. The molecule has 2 aromatic rings. The van der Waals surface area contributed by atoms with Crippen LogP contribution in [0.5, 0.6) is 0 Å². The van der Waals surface area contributed by atoms with Crippen molar-refractivity contribution in [2.24, 2.45) is 0 Å². The molecule has 0 fully saturated rings. The summed E-state index contributed by atoms with van der Waals surface area (Å²) in [7, 11) is -2.75. The lowest BCUT2D eigenvalue weighted by Crippen LogP contribution is -2.45. The smallest absolute Gasteiger partial charge is 0.279 e. The lowest BCUT2D eigenvalue weighted by Gasteiger charge is -2.24. The normalized spacial score (nSPS) is 11.3. The largest absolute Gasteiger partial charge is 0.282 e. The summed E-state index contributed by atoms with van der Waals surface area (Å²) in [6.45, 7) is 1.83. The van der Waals surface area contributed by atoms with Crippen molar-refractivity contribution < 1.29 is 12.8 Å². The van der Waals surface area contributed by atoms with E-state index < -0.39 is 21.7 Å². The second kappa shape index (κ2) is 6.66. The Morgan fingerprint density at radius 3 is 2.35 bits per heavy atom. The molecule has 0 radical (unpaired) electrons. The zero-order valence-electron chi connectivity index (χ0n) is 12.5. The summed E-state index contributed by atoms with van der Waals surface area (Å²) in [6.07, 6.45) is 0. The van der Waals surface area contributed by atoms with Crippen molar-refractivity contribution in [2.45, 2.75) is 11.8 Å². The Kier molecular flexibility index (Phi) is 5.03. The lowest BCUT2D eigenvalue weighted by atomic mass is 10.2. The first-order valence-electron chi connectivity index (χ1n) is 6.61. The Morgan fingerprint density at radius 2 is 1.83 bits per heavy atom. The van der Waals surface area contributed by atoms with Crippen LogP contribution in [0.25, 0.3) is 0 Å². The lowest BCUT2D eigenvalue weighted by molar-refractivity contribution is 0.465. The summed E-state index contributed by atoms with van der Waals surface area (Å²) >= 11 is 5.91. The van der Waals surface area contributed by atoms with E-state index >= 15 is 0 Å². The van der Waals surface area contributed by atoms with Crippen LogP contribution >= 0.6 is 11.6 Å². The molecule has 0 saturated heterocycles. The van der Waals surface area contributed by atoms with Gasteiger partial charge >= 0.3 is 0 Å². The molecule has 0 saturated carbocycles. The van der Waals surface area contributed by atoms with Crippen LogP contribution in [0.15, 0.2) is 47.4 Å². The Hall–Kier alpha value is -1.96. The van der Waals surface area contributed by atoms with E-state index in [1.54, 1.807) is 12.1 Å². The average Bonchev–Trinajstić information content (AvgIpc) is 2.48. The minimum absolute atomic E-state index is 0.0188. The number of hydrogen-bond donors (Lipinski definition) is 2. The summed E-state index contributed by atoms with van der Waals surface area (Å²) in [4.78, 5) is -0.0188. The molecule has 0 heterocycles. The first kappa shape index (κ1) is 17.4.